The molecule has 2 aromatic carbocycles. The molecular formula is C24H24N4O2S. The number of nitrogens with one attached hydrogen (secondary N) is 1. The van der Waals surface area contributed by atoms with E-state index >= 15 is 0 Å². The molecule has 0 spiro atoms. The summed E-state index contributed by atoms with van der Waals surface area (Å²) in [7, 11) is 0. The van der Waals surface area contributed by atoms with Crippen LogP contribution in [0.4, 0.5) is 5.82 Å². The summed E-state index contributed by atoms with van der Waals surface area (Å²) in [6.45, 7) is 8.45. The van der Waals surface area contributed by atoms with Crippen LogP contribution in [0.5, 0.6) is 5.75 Å². The van der Waals surface area contributed by atoms with Crippen LogP contribution in [0.3, 0.4) is 0 Å². The lowest BCUT2D eigenvalue weighted by atomic mass is 10.1. The van der Waals surface area contributed by atoms with Crippen LogP contribution in [0, 0.1) is 20.8 Å². The standard InChI is InChI=1S/C24H24N4O2S/c1-5-30-20-8-6-18(7-9-20)21-14-31-24(25-21)28-22(13-17(4)27-28)26-23(29)19-11-15(2)10-16(3)12-19/h6-14H,5H2,1-4H3,(H,26,29). The van der Waals surface area contributed by atoms with Gasteiger partial charge in [-0.2, -0.15) is 9.78 Å². The molecule has 31 heavy (non-hydrogen) atoms. The lowest BCUT2D eigenvalue weighted by Gasteiger charge is -2.08. The van der Waals surface area contributed by atoms with Crippen LogP contribution in [0.2, 0.25) is 0 Å². The van der Waals surface area contributed by atoms with Gasteiger partial charge >= 0.3 is 0 Å². The van der Waals surface area contributed by atoms with Crippen molar-refractivity contribution in [2.24, 2.45) is 0 Å². The zero-order valence-electron chi connectivity index (χ0n) is 18.0. The summed E-state index contributed by atoms with van der Waals surface area (Å²) >= 11 is 1.47. The second kappa shape index (κ2) is 8.73. The van der Waals surface area contributed by atoms with Gasteiger partial charge in [0, 0.05) is 22.6 Å². The van der Waals surface area contributed by atoms with E-state index in [1.165, 1.54) is 11.3 Å². The average Bonchev–Trinajstić information content (AvgIpc) is 3.35. The van der Waals surface area contributed by atoms with Gasteiger partial charge in [0.15, 0.2) is 0 Å². The molecule has 2 aromatic heterocycles. The zero-order valence-corrected chi connectivity index (χ0v) is 18.8. The Morgan fingerprint density at radius 3 is 2.45 bits per heavy atom. The number of hydrogen-bond donors (Lipinski definition) is 1. The Bertz CT molecular complexity index is 1200. The molecule has 158 valence electrons. The summed E-state index contributed by atoms with van der Waals surface area (Å²) in [5, 5.41) is 10.2. The van der Waals surface area contributed by atoms with Crippen LogP contribution in [0.1, 0.15) is 34.1 Å². The summed E-state index contributed by atoms with van der Waals surface area (Å²) in [6, 6.07) is 15.5. The molecule has 0 saturated heterocycles. The van der Waals surface area contributed by atoms with Crippen molar-refractivity contribution in [3.8, 4) is 22.1 Å². The normalized spacial score (nSPS) is 10.8. The van der Waals surface area contributed by atoms with E-state index in [4.69, 9.17) is 9.72 Å². The number of aryl methyl sites for hydroxylation is 3. The number of rotatable bonds is 6. The Balaban J connectivity index is 1.59. The predicted molar refractivity (Wildman–Crippen MR) is 124 cm³/mol. The number of ether oxygens (including phenoxy) is 1. The highest BCUT2D eigenvalue weighted by Gasteiger charge is 2.16. The predicted octanol–water partition coefficient (Wildman–Crippen LogP) is 5.57. The molecular weight excluding hydrogens is 408 g/mol. The number of aromatic nitrogens is 3. The number of carbonyl (C=O) groups is 1. The van der Waals surface area contributed by atoms with Crippen LogP contribution < -0.4 is 10.1 Å². The molecule has 0 unspecified atom stereocenters. The first-order valence-corrected chi connectivity index (χ1v) is 11.0. The Hall–Kier alpha value is -3.45. The number of amides is 1. The van der Waals surface area contributed by atoms with Gasteiger partial charge < -0.3 is 10.1 Å². The molecule has 0 radical (unpaired) electrons. The Kier molecular flexibility index (Phi) is 5.86. The number of thiazole rings is 1. The number of anilines is 1. The maximum atomic E-state index is 12.8. The molecule has 4 aromatic rings. The Morgan fingerprint density at radius 2 is 1.77 bits per heavy atom. The van der Waals surface area contributed by atoms with Crippen LogP contribution in [0.25, 0.3) is 16.4 Å². The molecule has 0 saturated carbocycles. The number of nitrogens with zero attached hydrogens (tertiary/aromatic N) is 3. The maximum absolute atomic E-state index is 12.8. The smallest absolute Gasteiger partial charge is 0.256 e. The van der Waals surface area contributed by atoms with Crippen molar-refractivity contribution in [1.82, 2.24) is 14.8 Å². The summed E-state index contributed by atoms with van der Waals surface area (Å²) in [5.41, 5.74) is 5.37. The number of hydrogen-bond acceptors (Lipinski definition) is 5. The van der Waals surface area contributed by atoms with E-state index in [1.54, 1.807) is 4.68 Å². The fourth-order valence-electron chi connectivity index (χ4n) is 3.41. The quantitative estimate of drug-likeness (QED) is 0.432. The highest BCUT2D eigenvalue weighted by atomic mass is 32.1. The first-order chi connectivity index (χ1) is 14.9. The first kappa shape index (κ1) is 20.8. The number of benzene rings is 2. The van der Waals surface area contributed by atoms with Gasteiger partial charge in [-0.1, -0.05) is 17.2 Å². The topological polar surface area (TPSA) is 69.0 Å². The van der Waals surface area contributed by atoms with E-state index in [-0.39, 0.29) is 5.91 Å². The van der Waals surface area contributed by atoms with Crippen molar-refractivity contribution in [1.29, 1.82) is 0 Å². The van der Waals surface area contributed by atoms with Gasteiger partial charge in [-0.25, -0.2) is 4.98 Å². The van der Waals surface area contributed by atoms with E-state index in [1.807, 2.05) is 81.6 Å². The Morgan fingerprint density at radius 1 is 1.06 bits per heavy atom. The Labute approximate surface area is 185 Å². The minimum absolute atomic E-state index is 0.170. The summed E-state index contributed by atoms with van der Waals surface area (Å²) in [4.78, 5) is 17.6. The highest BCUT2D eigenvalue weighted by molar-refractivity contribution is 7.12. The molecule has 7 heteroatoms. The van der Waals surface area contributed by atoms with Gasteiger partial charge in [0.05, 0.1) is 18.0 Å². The van der Waals surface area contributed by atoms with Crippen molar-refractivity contribution < 1.29 is 9.53 Å². The lowest BCUT2D eigenvalue weighted by Crippen LogP contribution is -2.15. The first-order valence-electron chi connectivity index (χ1n) is 10.1. The SMILES string of the molecule is CCOc1ccc(-c2csc(-n3nc(C)cc3NC(=O)c3cc(C)cc(C)c3)n2)cc1. The van der Waals surface area contributed by atoms with Crippen LogP contribution in [0.15, 0.2) is 53.9 Å². The van der Waals surface area contributed by atoms with Crippen LogP contribution >= 0.6 is 11.3 Å². The summed E-state index contributed by atoms with van der Waals surface area (Å²) in [5.74, 6) is 1.26. The lowest BCUT2D eigenvalue weighted by molar-refractivity contribution is 0.102. The summed E-state index contributed by atoms with van der Waals surface area (Å²) < 4.78 is 7.18. The van der Waals surface area contributed by atoms with Crippen molar-refractivity contribution in [3.63, 3.8) is 0 Å². The van der Waals surface area contributed by atoms with Gasteiger partial charge in [-0.3, -0.25) is 4.79 Å². The minimum Gasteiger partial charge on any atom is -0.494 e. The maximum Gasteiger partial charge on any atom is 0.256 e. The van der Waals surface area contributed by atoms with E-state index < -0.39 is 0 Å². The third-order valence-corrected chi connectivity index (χ3v) is 5.51. The molecule has 0 aliphatic carbocycles. The van der Waals surface area contributed by atoms with Gasteiger partial charge in [0.25, 0.3) is 5.91 Å². The van der Waals surface area contributed by atoms with Crippen molar-refractivity contribution in [3.05, 3.63) is 76.3 Å². The van der Waals surface area contributed by atoms with Gasteiger partial charge in [-0.15, -0.1) is 11.3 Å². The van der Waals surface area contributed by atoms with E-state index in [0.29, 0.717) is 23.1 Å². The van der Waals surface area contributed by atoms with E-state index in [9.17, 15) is 4.79 Å². The fraction of sp³-hybridized carbons (Fsp3) is 0.208. The molecule has 6 nitrogen and oxygen atoms in total. The van der Waals surface area contributed by atoms with Crippen LogP contribution in [-0.4, -0.2) is 27.3 Å². The van der Waals surface area contributed by atoms with Gasteiger partial charge in [0.2, 0.25) is 5.13 Å². The zero-order chi connectivity index (χ0) is 22.0. The average molecular weight is 433 g/mol. The molecule has 1 amide bonds. The largest absolute Gasteiger partial charge is 0.494 e. The third-order valence-electron chi connectivity index (χ3n) is 4.69. The van der Waals surface area contributed by atoms with Crippen molar-refractivity contribution in [2.75, 3.05) is 11.9 Å². The van der Waals surface area contributed by atoms with Gasteiger partial charge in [0.1, 0.15) is 11.6 Å². The van der Waals surface area contributed by atoms with E-state index in [2.05, 4.69) is 10.4 Å². The minimum atomic E-state index is -0.170. The fourth-order valence-corrected chi connectivity index (χ4v) is 4.21. The third kappa shape index (κ3) is 4.67. The molecule has 2 heterocycles. The van der Waals surface area contributed by atoms with Gasteiger partial charge in [-0.05, 0) is 64.1 Å². The molecule has 0 aliphatic rings. The highest BCUT2D eigenvalue weighted by Crippen LogP contribution is 2.28. The molecule has 1 N–H and O–H groups in total. The number of carbonyl (C=O) groups excluding carboxylic acids is 1. The monoisotopic (exact) mass is 432 g/mol. The molecule has 0 bridgehead atoms. The van der Waals surface area contributed by atoms with E-state index in [0.717, 1.165) is 33.8 Å². The molecule has 4 rings (SSSR count). The molecule has 0 atom stereocenters. The second-order valence-electron chi connectivity index (χ2n) is 7.39. The van der Waals surface area contributed by atoms with Crippen molar-refractivity contribution >= 4 is 23.1 Å². The van der Waals surface area contributed by atoms with Crippen molar-refractivity contribution in [2.45, 2.75) is 27.7 Å². The molecule has 0 fully saturated rings. The summed E-state index contributed by atoms with van der Waals surface area (Å²) in [6.07, 6.45) is 0. The molecule has 0 aliphatic heterocycles. The second-order valence-corrected chi connectivity index (χ2v) is 8.22. The van der Waals surface area contributed by atoms with Crippen LogP contribution in [-0.2, 0) is 0 Å².